The molecule has 1 aliphatic heterocycles. The summed E-state index contributed by atoms with van der Waals surface area (Å²) < 4.78 is 0. The first-order chi connectivity index (χ1) is 7.69. The van der Waals surface area contributed by atoms with Gasteiger partial charge in [-0.25, -0.2) is 0 Å². The Morgan fingerprint density at radius 2 is 2.00 bits per heavy atom. The molecule has 0 aromatic rings. The summed E-state index contributed by atoms with van der Waals surface area (Å²) in [6.07, 6.45) is 4.31. The highest BCUT2D eigenvalue weighted by atomic mass is 16.2. The molecule has 1 heterocycles. The molecule has 0 spiro atoms. The van der Waals surface area contributed by atoms with Crippen LogP contribution in [0.25, 0.3) is 0 Å². The maximum Gasteiger partial charge on any atom is 0.225 e. The number of carbonyl (C=O) groups is 1. The zero-order valence-corrected chi connectivity index (χ0v) is 11.0. The second kappa shape index (κ2) is 6.89. The molecule has 3 nitrogen and oxygen atoms in total. The van der Waals surface area contributed by atoms with Gasteiger partial charge in [0.2, 0.25) is 5.91 Å². The van der Waals surface area contributed by atoms with E-state index < -0.39 is 0 Å². The van der Waals surface area contributed by atoms with E-state index in [4.69, 9.17) is 0 Å². The number of nitrogens with zero attached hydrogens (tertiary/aromatic N) is 1. The summed E-state index contributed by atoms with van der Waals surface area (Å²) in [7, 11) is 0. The first-order valence-electron chi connectivity index (χ1n) is 6.71. The number of carbonyl (C=O) groups excluding carboxylic acids is 1. The van der Waals surface area contributed by atoms with Crippen LogP contribution >= 0.6 is 0 Å². The summed E-state index contributed by atoms with van der Waals surface area (Å²) in [6, 6.07) is 0.446. The number of hydrogen-bond acceptors (Lipinski definition) is 2. The molecule has 0 bridgehead atoms. The quantitative estimate of drug-likeness (QED) is 0.778. The maximum atomic E-state index is 12.3. The van der Waals surface area contributed by atoms with Crippen LogP contribution in [0.5, 0.6) is 0 Å². The minimum absolute atomic E-state index is 0.264. The van der Waals surface area contributed by atoms with Gasteiger partial charge in [0, 0.05) is 31.6 Å². The monoisotopic (exact) mass is 226 g/mol. The number of nitrogens with one attached hydrogen (secondary N) is 1. The average Bonchev–Trinajstić information content (AvgIpc) is 2.28. The molecule has 1 saturated heterocycles. The Kier molecular flexibility index (Phi) is 5.81. The molecule has 1 unspecified atom stereocenters. The van der Waals surface area contributed by atoms with Gasteiger partial charge in [-0.2, -0.15) is 0 Å². The van der Waals surface area contributed by atoms with Gasteiger partial charge in [-0.15, -0.1) is 0 Å². The van der Waals surface area contributed by atoms with Crippen molar-refractivity contribution in [3.05, 3.63) is 0 Å². The highest BCUT2D eigenvalue weighted by Crippen LogP contribution is 2.17. The molecule has 1 rings (SSSR count). The fourth-order valence-corrected chi connectivity index (χ4v) is 2.48. The average molecular weight is 226 g/mol. The van der Waals surface area contributed by atoms with Crippen LogP contribution in [0.2, 0.25) is 0 Å². The third-order valence-corrected chi connectivity index (χ3v) is 3.30. The topological polar surface area (TPSA) is 32.3 Å². The number of amides is 1. The normalized spacial score (nSPS) is 21.5. The molecule has 1 atom stereocenters. The molecule has 1 N–H and O–H groups in total. The largest absolute Gasteiger partial charge is 0.340 e. The lowest BCUT2D eigenvalue weighted by molar-refractivity contribution is -0.137. The van der Waals surface area contributed by atoms with E-state index >= 15 is 0 Å². The summed E-state index contributed by atoms with van der Waals surface area (Å²) in [5, 5.41) is 3.38. The highest BCUT2D eigenvalue weighted by molar-refractivity contribution is 5.79. The van der Waals surface area contributed by atoms with E-state index in [1.54, 1.807) is 0 Å². The summed E-state index contributed by atoms with van der Waals surface area (Å²) in [6.45, 7) is 9.18. The van der Waals surface area contributed by atoms with Gasteiger partial charge in [-0.3, -0.25) is 4.79 Å². The van der Waals surface area contributed by atoms with Crippen molar-refractivity contribution in [1.29, 1.82) is 0 Å². The third-order valence-electron chi connectivity index (χ3n) is 3.30. The van der Waals surface area contributed by atoms with E-state index in [0.717, 1.165) is 45.3 Å². The van der Waals surface area contributed by atoms with Crippen LogP contribution in [0.1, 0.15) is 46.5 Å². The van der Waals surface area contributed by atoms with Gasteiger partial charge < -0.3 is 10.2 Å². The lowest BCUT2D eigenvalue weighted by Gasteiger charge is -2.34. The van der Waals surface area contributed by atoms with Crippen LogP contribution in [0.15, 0.2) is 0 Å². The fourth-order valence-electron chi connectivity index (χ4n) is 2.48. The van der Waals surface area contributed by atoms with Gasteiger partial charge in [0.05, 0.1) is 0 Å². The van der Waals surface area contributed by atoms with Crippen LogP contribution in [0.3, 0.4) is 0 Å². The Balaban J connectivity index is 2.51. The van der Waals surface area contributed by atoms with E-state index in [9.17, 15) is 4.79 Å². The van der Waals surface area contributed by atoms with E-state index in [2.05, 4.69) is 31.0 Å². The van der Waals surface area contributed by atoms with Gasteiger partial charge >= 0.3 is 0 Å². The predicted molar refractivity (Wildman–Crippen MR) is 67.4 cm³/mol. The molecule has 3 heteroatoms. The van der Waals surface area contributed by atoms with Crippen molar-refractivity contribution >= 4 is 5.91 Å². The standard InChI is InChI=1S/C13H26N2O/c1-4-6-12(7-5-2)13(16)15-9-8-14-11(3)10-15/h11-12,14H,4-10H2,1-3H3. The summed E-state index contributed by atoms with van der Waals surface area (Å²) in [4.78, 5) is 14.4. The van der Waals surface area contributed by atoms with Crippen LogP contribution < -0.4 is 5.32 Å². The summed E-state index contributed by atoms with van der Waals surface area (Å²) in [5.74, 6) is 0.650. The van der Waals surface area contributed by atoms with Crippen LogP contribution in [-0.4, -0.2) is 36.5 Å². The molecule has 1 aliphatic rings. The van der Waals surface area contributed by atoms with Gasteiger partial charge in [-0.05, 0) is 19.8 Å². The highest BCUT2D eigenvalue weighted by Gasteiger charge is 2.25. The first kappa shape index (κ1) is 13.5. The van der Waals surface area contributed by atoms with E-state index in [-0.39, 0.29) is 5.92 Å². The van der Waals surface area contributed by atoms with Crippen LogP contribution in [0, 0.1) is 5.92 Å². The number of rotatable bonds is 5. The molecule has 16 heavy (non-hydrogen) atoms. The summed E-state index contributed by atoms with van der Waals surface area (Å²) >= 11 is 0. The molecule has 0 aliphatic carbocycles. The van der Waals surface area contributed by atoms with Gasteiger partial charge in [-0.1, -0.05) is 26.7 Å². The molecule has 0 aromatic heterocycles. The van der Waals surface area contributed by atoms with Gasteiger partial charge in [0.15, 0.2) is 0 Å². The zero-order chi connectivity index (χ0) is 12.0. The molecule has 1 fully saturated rings. The van der Waals surface area contributed by atoms with E-state index in [1.807, 2.05) is 0 Å². The smallest absolute Gasteiger partial charge is 0.225 e. The molecule has 1 amide bonds. The van der Waals surface area contributed by atoms with Gasteiger partial charge in [0.25, 0.3) is 0 Å². The van der Waals surface area contributed by atoms with Crippen molar-refractivity contribution in [2.75, 3.05) is 19.6 Å². The van der Waals surface area contributed by atoms with Crippen molar-refractivity contribution in [3.8, 4) is 0 Å². The van der Waals surface area contributed by atoms with Crippen molar-refractivity contribution in [3.63, 3.8) is 0 Å². The Morgan fingerprint density at radius 3 is 2.50 bits per heavy atom. The zero-order valence-electron chi connectivity index (χ0n) is 11.0. The molecule has 0 aromatic carbocycles. The second-order valence-corrected chi connectivity index (χ2v) is 4.91. The first-order valence-corrected chi connectivity index (χ1v) is 6.71. The lowest BCUT2D eigenvalue weighted by Crippen LogP contribution is -2.52. The molecule has 0 radical (unpaired) electrons. The van der Waals surface area contributed by atoms with Crippen LogP contribution in [-0.2, 0) is 4.79 Å². The van der Waals surface area contributed by atoms with Crippen molar-refractivity contribution in [1.82, 2.24) is 10.2 Å². The van der Waals surface area contributed by atoms with Crippen molar-refractivity contribution in [2.45, 2.75) is 52.5 Å². The molecular weight excluding hydrogens is 200 g/mol. The number of hydrogen-bond donors (Lipinski definition) is 1. The Hall–Kier alpha value is -0.570. The van der Waals surface area contributed by atoms with Crippen molar-refractivity contribution < 1.29 is 4.79 Å². The lowest BCUT2D eigenvalue weighted by atomic mass is 9.96. The Bertz CT molecular complexity index is 205. The summed E-state index contributed by atoms with van der Waals surface area (Å²) in [5.41, 5.74) is 0. The molecule has 94 valence electrons. The third kappa shape index (κ3) is 3.78. The van der Waals surface area contributed by atoms with Gasteiger partial charge in [0.1, 0.15) is 0 Å². The SMILES string of the molecule is CCCC(CCC)C(=O)N1CCNC(C)C1. The van der Waals surface area contributed by atoms with Crippen LogP contribution in [0.4, 0.5) is 0 Å². The Labute approximate surface area is 99.6 Å². The predicted octanol–water partition coefficient (Wildman–Crippen LogP) is 2.02. The minimum atomic E-state index is 0.264. The van der Waals surface area contributed by atoms with E-state index in [0.29, 0.717) is 11.9 Å². The van der Waals surface area contributed by atoms with Crippen molar-refractivity contribution in [2.24, 2.45) is 5.92 Å². The molecule has 0 saturated carbocycles. The maximum absolute atomic E-state index is 12.3. The Morgan fingerprint density at radius 1 is 1.38 bits per heavy atom. The molecular formula is C13H26N2O. The second-order valence-electron chi connectivity index (χ2n) is 4.91. The number of piperazine rings is 1. The minimum Gasteiger partial charge on any atom is -0.340 e. The fraction of sp³-hybridized carbons (Fsp3) is 0.923. The van der Waals surface area contributed by atoms with E-state index in [1.165, 1.54) is 0 Å².